The molecule has 2 unspecified atom stereocenters. The Labute approximate surface area is 391 Å². The van der Waals surface area contributed by atoms with Gasteiger partial charge in [0.05, 0.1) is 43.7 Å². The van der Waals surface area contributed by atoms with Gasteiger partial charge in [-0.15, -0.1) is 0 Å². The highest BCUT2D eigenvalue weighted by molar-refractivity contribution is 5.84. The highest BCUT2D eigenvalue weighted by Crippen LogP contribution is 2.71. The van der Waals surface area contributed by atoms with Gasteiger partial charge in [-0.1, -0.05) is 46.3 Å². The molecule has 0 bridgehead atoms. The van der Waals surface area contributed by atoms with Gasteiger partial charge in [0.25, 0.3) is 0 Å². The van der Waals surface area contributed by atoms with Crippen LogP contribution in [0.15, 0.2) is 11.6 Å². The van der Waals surface area contributed by atoms with Crippen LogP contribution in [0.4, 0.5) is 0 Å². The zero-order valence-corrected chi connectivity index (χ0v) is 39.6. The molecule has 386 valence electrons. The number of carbonyl (C=O) groups excluding carboxylic acids is 1. The SMILES string of the molecule is C[C@H](C(O)CC(O)C(C)(C)O[C@@H]1O[C@H](CO)[C@@H](O)[C@H](O)[C@H]1O)[C@H]1CC[C@@]2(C)[C@@H]3CC=C4[C@@H](CC[C@H](O[C@@H]5O[C@H](CO[C@@H]6O[C@H](CO)[C@@H](O)[C@H](O)[C@H]6O)[C@@H](O)[C@H](O)[C@H]5O)C4(C)C)[C@H]3C(=O)C[C@]12C. The smallest absolute Gasteiger partial charge is 0.187 e. The predicted octanol–water partition coefficient (Wildman–Crippen LogP) is -2.27. The highest BCUT2D eigenvalue weighted by Gasteiger charge is 2.67. The van der Waals surface area contributed by atoms with Gasteiger partial charge in [0, 0.05) is 24.2 Å². The lowest BCUT2D eigenvalue weighted by Crippen LogP contribution is -2.62. The van der Waals surface area contributed by atoms with E-state index in [2.05, 4.69) is 19.9 Å². The van der Waals surface area contributed by atoms with Gasteiger partial charge >= 0.3 is 0 Å². The van der Waals surface area contributed by atoms with E-state index in [-0.39, 0.29) is 47.2 Å². The van der Waals surface area contributed by atoms with Gasteiger partial charge in [0.15, 0.2) is 18.9 Å². The molecule has 0 radical (unpaired) electrons. The van der Waals surface area contributed by atoms with Crippen molar-refractivity contribution in [3.63, 3.8) is 0 Å². The summed E-state index contributed by atoms with van der Waals surface area (Å²) in [6.07, 6.45) is -20.0. The standard InChI is InChI=1S/C47H78O20/c1-19(24(50)14-29(52)45(4,5)67-43-40(61)36(57)33(54)27(17-49)64-43)21-12-13-46(6)23-10-9-22-20(31(23)25(51)15-47(21,46)7)8-11-30(44(22,2)3)66-42-39(60)37(58)34(55)28(65-42)18-62-41-38(59)35(56)32(53)26(16-48)63-41/h9,19-21,23-24,26-43,48-50,52-61H,8,10-18H2,1-7H3/t19-,20+,21+,23+,24?,26+,27+,28+,29?,30-,31+,32+,33+,34+,35-,36-,37-,38+,39+,40+,41+,42-,43-,46-,47+/m0/s1. The minimum Gasteiger partial charge on any atom is -0.394 e. The summed E-state index contributed by atoms with van der Waals surface area (Å²) in [4.78, 5) is 14.7. The Morgan fingerprint density at radius 1 is 0.716 bits per heavy atom. The van der Waals surface area contributed by atoms with E-state index in [0.29, 0.717) is 25.7 Å². The molecule has 20 heteroatoms. The van der Waals surface area contributed by atoms with Gasteiger partial charge in [-0.05, 0) is 80.5 Å². The zero-order chi connectivity index (χ0) is 49.5. The van der Waals surface area contributed by atoms with Crippen LogP contribution >= 0.6 is 0 Å². The van der Waals surface area contributed by atoms with Crippen molar-refractivity contribution < 1.29 is 99.6 Å². The summed E-state index contributed by atoms with van der Waals surface area (Å²) in [5, 5.41) is 137. The van der Waals surface area contributed by atoms with E-state index in [9.17, 15) is 71.2 Å². The number of hydrogen-bond donors (Lipinski definition) is 13. The topological polar surface area (TPSA) is 335 Å². The van der Waals surface area contributed by atoms with Crippen LogP contribution in [0.5, 0.6) is 0 Å². The number of aliphatic hydroxyl groups is 13. The molecule has 3 saturated heterocycles. The zero-order valence-electron chi connectivity index (χ0n) is 39.6. The maximum atomic E-state index is 14.7. The largest absolute Gasteiger partial charge is 0.394 e. The molecule has 0 aromatic heterocycles. The molecule has 7 rings (SSSR count). The fourth-order valence-corrected chi connectivity index (χ4v) is 13.3. The van der Waals surface area contributed by atoms with Crippen molar-refractivity contribution in [3.05, 3.63) is 11.6 Å². The minimum atomic E-state index is -1.71. The number of ether oxygens (including phenoxy) is 6. The van der Waals surface area contributed by atoms with E-state index in [0.717, 1.165) is 18.4 Å². The van der Waals surface area contributed by atoms with Gasteiger partial charge in [-0.2, -0.15) is 0 Å². The van der Waals surface area contributed by atoms with Crippen molar-refractivity contribution >= 4 is 5.78 Å². The van der Waals surface area contributed by atoms with Gasteiger partial charge in [0.1, 0.15) is 79.0 Å². The van der Waals surface area contributed by atoms with Crippen LogP contribution in [0.2, 0.25) is 0 Å². The van der Waals surface area contributed by atoms with Crippen molar-refractivity contribution in [2.75, 3.05) is 19.8 Å². The van der Waals surface area contributed by atoms with Crippen molar-refractivity contribution in [3.8, 4) is 0 Å². The molecule has 0 amide bonds. The summed E-state index contributed by atoms with van der Waals surface area (Å²) in [6.45, 7) is 11.8. The average molecular weight is 963 g/mol. The van der Waals surface area contributed by atoms with Crippen molar-refractivity contribution in [2.24, 2.45) is 45.8 Å². The van der Waals surface area contributed by atoms with Crippen LogP contribution in [-0.4, -0.2) is 208 Å². The van der Waals surface area contributed by atoms with Crippen molar-refractivity contribution in [2.45, 2.75) is 209 Å². The summed E-state index contributed by atoms with van der Waals surface area (Å²) < 4.78 is 34.9. The number of hydrogen-bond acceptors (Lipinski definition) is 20. The Morgan fingerprint density at radius 3 is 1.85 bits per heavy atom. The predicted molar refractivity (Wildman–Crippen MR) is 231 cm³/mol. The van der Waals surface area contributed by atoms with Crippen LogP contribution < -0.4 is 0 Å². The van der Waals surface area contributed by atoms with Gasteiger partial charge < -0.3 is 94.8 Å². The number of carbonyl (C=O) groups is 1. The molecule has 3 aliphatic heterocycles. The lowest BCUT2D eigenvalue weighted by molar-refractivity contribution is -0.339. The molecular formula is C47H78O20. The number of ketones is 1. The maximum absolute atomic E-state index is 14.7. The molecule has 13 N–H and O–H groups in total. The second-order valence-electron chi connectivity index (χ2n) is 22.3. The first-order valence-electron chi connectivity index (χ1n) is 24.1. The van der Waals surface area contributed by atoms with Crippen LogP contribution in [-0.2, 0) is 33.2 Å². The third kappa shape index (κ3) is 9.36. The summed E-state index contributed by atoms with van der Waals surface area (Å²) in [7, 11) is 0. The molecule has 3 saturated carbocycles. The first kappa shape index (κ1) is 53.4. The summed E-state index contributed by atoms with van der Waals surface area (Å²) >= 11 is 0. The molecule has 3 heterocycles. The summed E-state index contributed by atoms with van der Waals surface area (Å²) in [6, 6.07) is 0. The molecule has 0 aromatic carbocycles. The molecule has 4 aliphatic carbocycles. The van der Waals surface area contributed by atoms with Crippen LogP contribution in [0.3, 0.4) is 0 Å². The van der Waals surface area contributed by atoms with Gasteiger partial charge in [-0.3, -0.25) is 4.79 Å². The molecule has 67 heavy (non-hydrogen) atoms. The Hall–Kier alpha value is -1.35. The second-order valence-corrected chi connectivity index (χ2v) is 22.3. The monoisotopic (exact) mass is 963 g/mol. The maximum Gasteiger partial charge on any atom is 0.187 e. The molecule has 7 aliphatic rings. The van der Waals surface area contributed by atoms with E-state index in [1.807, 2.05) is 20.8 Å². The highest BCUT2D eigenvalue weighted by atomic mass is 16.7. The lowest BCUT2D eigenvalue weighted by Gasteiger charge is -2.61. The Bertz CT molecular complexity index is 1740. The van der Waals surface area contributed by atoms with Crippen LogP contribution in [0.1, 0.15) is 93.4 Å². The normalized spacial score (nSPS) is 49.3. The number of rotatable bonds is 14. The molecule has 6 fully saturated rings. The lowest BCUT2D eigenvalue weighted by atomic mass is 9.43. The van der Waals surface area contributed by atoms with Crippen molar-refractivity contribution in [1.82, 2.24) is 0 Å². The Balaban J connectivity index is 0.998. The fourth-order valence-electron chi connectivity index (χ4n) is 13.3. The fraction of sp³-hybridized carbons (Fsp3) is 0.936. The Morgan fingerprint density at radius 2 is 1.25 bits per heavy atom. The first-order valence-corrected chi connectivity index (χ1v) is 24.1. The van der Waals surface area contributed by atoms with E-state index >= 15 is 0 Å². The van der Waals surface area contributed by atoms with Gasteiger partial charge in [-0.25, -0.2) is 0 Å². The van der Waals surface area contributed by atoms with E-state index in [4.69, 9.17) is 28.4 Å². The molecule has 25 atom stereocenters. The third-order valence-corrected chi connectivity index (χ3v) is 18.0. The van der Waals surface area contributed by atoms with E-state index in [1.165, 1.54) is 0 Å². The van der Waals surface area contributed by atoms with Gasteiger partial charge in [0.2, 0.25) is 0 Å². The summed E-state index contributed by atoms with van der Waals surface area (Å²) in [5.74, 6) is -0.523. The van der Waals surface area contributed by atoms with Crippen molar-refractivity contribution in [1.29, 1.82) is 0 Å². The first-order chi connectivity index (χ1) is 31.2. The van der Waals surface area contributed by atoms with Crippen LogP contribution in [0, 0.1) is 45.8 Å². The van der Waals surface area contributed by atoms with E-state index in [1.54, 1.807) is 13.8 Å². The van der Waals surface area contributed by atoms with Crippen LogP contribution in [0.25, 0.3) is 0 Å². The molecular weight excluding hydrogens is 884 g/mol. The number of fused-ring (bicyclic) bond motifs is 5. The van der Waals surface area contributed by atoms with E-state index < -0.39 is 147 Å². The average Bonchev–Trinajstić information content (AvgIpc) is 3.55. The molecule has 20 nitrogen and oxygen atoms in total. The quantitative estimate of drug-likeness (QED) is 0.0817. The summed E-state index contributed by atoms with van der Waals surface area (Å²) in [5.41, 5.74) is -1.72. The molecule has 0 aromatic rings. The minimum absolute atomic E-state index is 0.0242. The number of Topliss-reactive ketones (excluding diaryl/α,β-unsaturated/α-hetero) is 1. The Kier molecular flexibility index (Phi) is 15.9. The number of allylic oxidation sites excluding steroid dienone is 1. The molecule has 0 spiro atoms. The second kappa shape index (κ2) is 19.9. The third-order valence-electron chi connectivity index (χ3n) is 18.0. The number of aliphatic hydroxyl groups excluding tert-OH is 13.